The van der Waals surface area contributed by atoms with Crippen LogP contribution in [0.15, 0.2) is 73.2 Å². The van der Waals surface area contributed by atoms with E-state index < -0.39 is 18.1 Å². The predicted octanol–water partition coefficient (Wildman–Crippen LogP) is 6.42. The second kappa shape index (κ2) is 14.3. The van der Waals surface area contributed by atoms with E-state index in [-0.39, 0.29) is 18.9 Å². The number of imidazole rings is 1. The average Bonchev–Trinajstić information content (AvgIpc) is 3.54. The Labute approximate surface area is 231 Å². The fraction of sp³-hybridized carbons (Fsp3) is 0.406. The van der Waals surface area contributed by atoms with Crippen molar-refractivity contribution >= 4 is 12.1 Å². The molecule has 1 N–H and O–H groups in total. The molecule has 206 valence electrons. The Balaban J connectivity index is 1.32. The molecular weight excluding hydrogens is 490 g/mol. The molecule has 0 radical (unpaired) electrons. The van der Waals surface area contributed by atoms with Crippen molar-refractivity contribution in [1.82, 2.24) is 14.9 Å². The summed E-state index contributed by atoms with van der Waals surface area (Å²) in [6.07, 6.45) is 14.7. The van der Waals surface area contributed by atoms with Crippen molar-refractivity contribution in [3.05, 3.63) is 90.0 Å². The van der Waals surface area contributed by atoms with E-state index in [1.165, 1.54) is 39.2 Å². The van der Waals surface area contributed by atoms with Crippen LogP contribution in [0, 0.1) is 0 Å². The molecular formula is C32H39N3O4. The summed E-state index contributed by atoms with van der Waals surface area (Å²) in [5.74, 6) is -0.585. The zero-order valence-corrected chi connectivity index (χ0v) is 23.0. The summed E-state index contributed by atoms with van der Waals surface area (Å²) in [5, 5.41) is 2.71. The number of ether oxygens (including phenoxy) is 2. The van der Waals surface area contributed by atoms with Gasteiger partial charge in [0.05, 0.1) is 13.4 Å². The number of methoxy groups -OCH3 is 1. The molecule has 0 aliphatic heterocycles. The highest BCUT2D eigenvalue weighted by atomic mass is 16.6. The van der Waals surface area contributed by atoms with Gasteiger partial charge in [-0.15, -0.1) is 0 Å². The number of amides is 1. The normalized spacial score (nSPS) is 13.2. The molecule has 1 aliphatic carbocycles. The molecule has 2 aromatic carbocycles. The number of allylic oxidation sites excluding steroid dienone is 2. The summed E-state index contributed by atoms with van der Waals surface area (Å²) in [7, 11) is 1.31. The average molecular weight is 530 g/mol. The number of rotatable bonds is 14. The van der Waals surface area contributed by atoms with Gasteiger partial charge in [-0.05, 0) is 35.1 Å². The van der Waals surface area contributed by atoms with Gasteiger partial charge in [0.2, 0.25) is 0 Å². The fourth-order valence-corrected chi connectivity index (χ4v) is 5.18. The molecule has 1 aliphatic rings. The molecule has 1 heterocycles. The number of carbonyl (C=O) groups excluding carboxylic acids is 2. The van der Waals surface area contributed by atoms with Gasteiger partial charge in [0.25, 0.3) is 0 Å². The highest BCUT2D eigenvalue weighted by Crippen LogP contribution is 2.44. The van der Waals surface area contributed by atoms with Crippen molar-refractivity contribution in [2.75, 3.05) is 13.7 Å². The Morgan fingerprint density at radius 3 is 2.38 bits per heavy atom. The maximum Gasteiger partial charge on any atom is 0.407 e. The number of hydrogen-bond donors (Lipinski definition) is 1. The minimum Gasteiger partial charge on any atom is -0.467 e. The van der Waals surface area contributed by atoms with E-state index in [1.807, 2.05) is 28.8 Å². The smallest absolute Gasteiger partial charge is 0.407 e. The van der Waals surface area contributed by atoms with Crippen molar-refractivity contribution in [2.24, 2.45) is 0 Å². The van der Waals surface area contributed by atoms with Crippen LogP contribution in [0.3, 0.4) is 0 Å². The number of carbonyl (C=O) groups is 2. The Morgan fingerprint density at radius 2 is 1.69 bits per heavy atom. The van der Waals surface area contributed by atoms with Crippen LogP contribution in [0.25, 0.3) is 11.1 Å². The Kier molecular flexibility index (Phi) is 10.3. The monoisotopic (exact) mass is 529 g/mol. The zero-order valence-electron chi connectivity index (χ0n) is 23.0. The Morgan fingerprint density at radius 1 is 1.00 bits per heavy atom. The number of esters is 1. The van der Waals surface area contributed by atoms with Gasteiger partial charge in [-0.2, -0.15) is 0 Å². The molecule has 0 fully saturated rings. The molecule has 3 aromatic rings. The quantitative estimate of drug-likeness (QED) is 0.148. The van der Waals surface area contributed by atoms with Crippen LogP contribution in [0.1, 0.15) is 68.2 Å². The minimum atomic E-state index is -0.886. The van der Waals surface area contributed by atoms with Gasteiger partial charge in [-0.25, -0.2) is 14.6 Å². The van der Waals surface area contributed by atoms with Gasteiger partial charge in [0, 0.05) is 30.8 Å². The number of nitrogens with one attached hydrogen (secondary N) is 1. The van der Waals surface area contributed by atoms with E-state index >= 15 is 0 Å². The third kappa shape index (κ3) is 7.37. The SMILES string of the molecule is CCCCCCC/C=C/Cn1cncc1C[C@H](NC(=O)OCC1c2ccccc2-c2ccccc21)C(=O)OC. The molecule has 1 amide bonds. The van der Waals surface area contributed by atoms with Crippen LogP contribution in [0.5, 0.6) is 0 Å². The second-order valence-corrected chi connectivity index (χ2v) is 9.96. The number of benzene rings is 2. The number of fused-ring (bicyclic) bond motifs is 3. The number of aromatic nitrogens is 2. The summed E-state index contributed by atoms with van der Waals surface area (Å²) in [5.41, 5.74) is 5.42. The summed E-state index contributed by atoms with van der Waals surface area (Å²) in [6, 6.07) is 15.5. The Hall–Kier alpha value is -3.87. The topological polar surface area (TPSA) is 82.5 Å². The van der Waals surface area contributed by atoms with E-state index in [2.05, 4.69) is 53.6 Å². The molecule has 1 aromatic heterocycles. The third-order valence-corrected chi connectivity index (χ3v) is 7.28. The molecule has 0 spiro atoms. The summed E-state index contributed by atoms with van der Waals surface area (Å²) < 4.78 is 12.6. The summed E-state index contributed by atoms with van der Waals surface area (Å²) in [6.45, 7) is 3.05. The number of hydrogen-bond acceptors (Lipinski definition) is 5. The van der Waals surface area contributed by atoms with Gasteiger partial charge in [0.15, 0.2) is 0 Å². The molecule has 0 bridgehead atoms. The van der Waals surface area contributed by atoms with Crippen molar-refractivity contribution < 1.29 is 19.1 Å². The third-order valence-electron chi connectivity index (χ3n) is 7.28. The molecule has 0 unspecified atom stereocenters. The van der Waals surface area contributed by atoms with Crippen LogP contribution in [0.2, 0.25) is 0 Å². The first kappa shape index (κ1) is 28.1. The predicted molar refractivity (Wildman–Crippen MR) is 152 cm³/mol. The fourth-order valence-electron chi connectivity index (χ4n) is 5.18. The Bertz CT molecular complexity index is 1220. The molecule has 4 rings (SSSR count). The molecule has 39 heavy (non-hydrogen) atoms. The lowest BCUT2D eigenvalue weighted by atomic mass is 9.98. The lowest BCUT2D eigenvalue weighted by Crippen LogP contribution is -2.44. The van der Waals surface area contributed by atoms with Crippen LogP contribution in [-0.4, -0.2) is 41.4 Å². The first-order chi connectivity index (χ1) is 19.1. The molecule has 7 heteroatoms. The van der Waals surface area contributed by atoms with Crippen LogP contribution >= 0.6 is 0 Å². The van der Waals surface area contributed by atoms with Crippen LogP contribution in [0.4, 0.5) is 4.79 Å². The van der Waals surface area contributed by atoms with E-state index in [0.717, 1.165) is 34.4 Å². The molecule has 1 atom stereocenters. The van der Waals surface area contributed by atoms with Crippen molar-refractivity contribution in [2.45, 2.75) is 70.4 Å². The highest BCUT2D eigenvalue weighted by Gasteiger charge is 2.30. The number of unbranched alkanes of at least 4 members (excludes halogenated alkanes) is 5. The van der Waals surface area contributed by atoms with Crippen molar-refractivity contribution in [3.8, 4) is 11.1 Å². The van der Waals surface area contributed by atoms with Gasteiger partial charge < -0.3 is 19.4 Å². The summed E-state index contributed by atoms with van der Waals surface area (Å²) >= 11 is 0. The standard InChI is InChI=1S/C32H39N3O4/c1-3-4-5-6-7-8-9-14-19-35-23-33-21-24(35)20-30(31(36)38-2)34-32(37)39-22-29-27-17-12-10-15-25(27)26-16-11-13-18-28(26)29/h9-18,21,23,29-30H,3-8,19-20,22H2,1-2H3,(H,34,37)/b14-9+/t30-/m0/s1. The number of alkyl carbamates (subject to hydrolysis) is 1. The largest absolute Gasteiger partial charge is 0.467 e. The first-order valence-corrected chi connectivity index (χ1v) is 14.0. The lowest BCUT2D eigenvalue weighted by molar-refractivity contribution is -0.143. The molecule has 0 saturated heterocycles. The minimum absolute atomic E-state index is 0.0559. The van der Waals surface area contributed by atoms with Crippen molar-refractivity contribution in [1.29, 1.82) is 0 Å². The van der Waals surface area contributed by atoms with Gasteiger partial charge in [0.1, 0.15) is 12.6 Å². The van der Waals surface area contributed by atoms with Gasteiger partial charge >= 0.3 is 12.1 Å². The van der Waals surface area contributed by atoms with Gasteiger partial charge in [-0.1, -0.05) is 93.3 Å². The van der Waals surface area contributed by atoms with Gasteiger partial charge in [-0.3, -0.25) is 0 Å². The zero-order chi connectivity index (χ0) is 27.5. The van der Waals surface area contributed by atoms with Crippen LogP contribution < -0.4 is 5.32 Å². The van der Waals surface area contributed by atoms with Crippen LogP contribution in [-0.2, 0) is 27.2 Å². The maximum atomic E-state index is 12.8. The van der Waals surface area contributed by atoms with E-state index in [1.54, 1.807) is 12.5 Å². The molecule has 7 nitrogen and oxygen atoms in total. The second-order valence-electron chi connectivity index (χ2n) is 9.96. The lowest BCUT2D eigenvalue weighted by Gasteiger charge is -2.19. The maximum absolute atomic E-state index is 12.8. The van der Waals surface area contributed by atoms with E-state index in [0.29, 0.717) is 6.54 Å². The van der Waals surface area contributed by atoms with Crippen molar-refractivity contribution in [3.63, 3.8) is 0 Å². The first-order valence-electron chi connectivity index (χ1n) is 14.0. The highest BCUT2D eigenvalue weighted by molar-refractivity contribution is 5.82. The van der Waals surface area contributed by atoms with E-state index in [4.69, 9.17) is 9.47 Å². The molecule has 0 saturated carbocycles. The number of nitrogens with zero attached hydrogens (tertiary/aromatic N) is 2. The summed E-state index contributed by atoms with van der Waals surface area (Å²) in [4.78, 5) is 29.6. The van der Waals surface area contributed by atoms with E-state index in [9.17, 15) is 9.59 Å².